The molecule has 0 fully saturated rings. The summed E-state index contributed by atoms with van der Waals surface area (Å²) in [5.74, 6) is -1.27. The van der Waals surface area contributed by atoms with E-state index in [1.54, 1.807) is 12.1 Å². The minimum absolute atomic E-state index is 0. The Morgan fingerprint density at radius 3 is 2.44 bits per heavy atom. The average Bonchev–Trinajstić information content (AvgIpc) is 2.97. The van der Waals surface area contributed by atoms with E-state index in [9.17, 15) is 18.0 Å². The summed E-state index contributed by atoms with van der Waals surface area (Å²) in [5.41, 5.74) is 7.71. The van der Waals surface area contributed by atoms with E-state index in [1.807, 2.05) is 19.1 Å². The third-order valence-electron chi connectivity index (χ3n) is 4.02. The fourth-order valence-electron chi connectivity index (χ4n) is 2.67. The summed E-state index contributed by atoms with van der Waals surface area (Å²) < 4.78 is 39.5. The highest BCUT2D eigenvalue weighted by molar-refractivity contribution is 5.85. The van der Waals surface area contributed by atoms with Gasteiger partial charge in [-0.25, -0.2) is 0 Å². The van der Waals surface area contributed by atoms with E-state index in [0.717, 1.165) is 10.1 Å². The molecule has 0 radical (unpaired) electrons. The Morgan fingerprint density at radius 2 is 1.84 bits per heavy atom. The molecule has 6 nitrogen and oxygen atoms in total. The van der Waals surface area contributed by atoms with E-state index in [4.69, 9.17) is 5.73 Å². The lowest BCUT2D eigenvalue weighted by Gasteiger charge is -2.30. The molecule has 136 valence electrons. The van der Waals surface area contributed by atoms with Gasteiger partial charge in [-0.15, -0.1) is 22.6 Å². The molecular weight excluding hydrogens is 359 g/mol. The van der Waals surface area contributed by atoms with Crippen molar-refractivity contribution < 1.29 is 18.0 Å². The van der Waals surface area contributed by atoms with Gasteiger partial charge in [-0.05, 0) is 12.5 Å². The number of hydrogen-bond acceptors (Lipinski definition) is 4. The van der Waals surface area contributed by atoms with Crippen LogP contribution in [0, 0.1) is 6.92 Å². The summed E-state index contributed by atoms with van der Waals surface area (Å²) in [6.45, 7) is 2.00. The lowest BCUT2D eigenvalue weighted by molar-refractivity contribution is -0.148. The van der Waals surface area contributed by atoms with Crippen molar-refractivity contribution in [3.8, 4) is 0 Å². The van der Waals surface area contributed by atoms with E-state index >= 15 is 0 Å². The zero-order valence-corrected chi connectivity index (χ0v) is 14.1. The second kappa shape index (κ2) is 7.01. The van der Waals surface area contributed by atoms with Crippen LogP contribution in [0.15, 0.2) is 24.3 Å². The van der Waals surface area contributed by atoms with Gasteiger partial charge in [-0.3, -0.25) is 4.79 Å². The maximum Gasteiger partial charge on any atom is 0.451 e. The molecule has 0 spiro atoms. The quantitative estimate of drug-likeness (QED) is 0.871. The standard InChI is InChI=1S/C15H16F3N5O.ClH/c1-9-2-4-10(5-3-9)12(19)13(24)22-6-7-23-11(8-22)20-21-14(23)15(16,17)18;/h2-5,12H,6-8,19H2,1H3;1H. The van der Waals surface area contributed by atoms with Gasteiger partial charge in [0.25, 0.3) is 0 Å². The van der Waals surface area contributed by atoms with Crippen LogP contribution >= 0.6 is 12.4 Å². The van der Waals surface area contributed by atoms with Gasteiger partial charge >= 0.3 is 6.18 Å². The number of aryl methyl sites for hydroxylation is 1. The first kappa shape index (κ1) is 19.2. The second-order valence-corrected chi connectivity index (χ2v) is 5.74. The second-order valence-electron chi connectivity index (χ2n) is 5.74. The molecule has 10 heteroatoms. The molecular formula is C15H17ClF3N5O. The van der Waals surface area contributed by atoms with Crippen LogP contribution in [0.4, 0.5) is 13.2 Å². The number of carbonyl (C=O) groups excluding carboxylic acids is 1. The molecule has 2 N–H and O–H groups in total. The van der Waals surface area contributed by atoms with E-state index in [1.165, 1.54) is 4.90 Å². The average molecular weight is 376 g/mol. The van der Waals surface area contributed by atoms with Crippen molar-refractivity contribution in [2.24, 2.45) is 5.73 Å². The summed E-state index contributed by atoms with van der Waals surface area (Å²) in [6.07, 6.45) is -4.56. The number of halogens is 4. The first-order valence-corrected chi connectivity index (χ1v) is 7.37. The molecule has 2 aromatic rings. The molecule has 1 atom stereocenters. The van der Waals surface area contributed by atoms with Gasteiger partial charge < -0.3 is 15.2 Å². The van der Waals surface area contributed by atoms with Gasteiger partial charge in [0.2, 0.25) is 11.7 Å². The molecule has 0 bridgehead atoms. The number of rotatable bonds is 2. The van der Waals surface area contributed by atoms with Crippen LogP contribution < -0.4 is 5.73 Å². The minimum Gasteiger partial charge on any atom is -0.332 e. The molecule has 1 aromatic heterocycles. The van der Waals surface area contributed by atoms with Crippen LogP contribution in [-0.2, 0) is 24.1 Å². The highest BCUT2D eigenvalue weighted by Gasteiger charge is 2.40. The molecule has 3 rings (SSSR count). The number of nitrogens with two attached hydrogens (primary N) is 1. The number of amides is 1. The summed E-state index contributed by atoms with van der Waals surface area (Å²) >= 11 is 0. The van der Waals surface area contributed by atoms with E-state index in [0.29, 0.717) is 5.56 Å². The van der Waals surface area contributed by atoms with Crippen LogP contribution in [0.3, 0.4) is 0 Å². The third-order valence-corrected chi connectivity index (χ3v) is 4.02. The molecule has 1 unspecified atom stereocenters. The van der Waals surface area contributed by atoms with Gasteiger partial charge in [0.05, 0.1) is 6.54 Å². The number of nitrogens with zero attached hydrogens (tertiary/aromatic N) is 4. The topological polar surface area (TPSA) is 77.0 Å². The lowest BCUT2D eigenvalue weighted by atomic mass is 10.0. The van der Waals surface area contributed by atoms with Crippen LogP contribution in [0.25, 0.3) is 0 Å². The molecule has 0 aliphatic carbocycles. The highest BCUT2D eigenvalue weighted by Crippen LogP contribution is 2.29. The molecule has 2 heterocycles. The fraction of sp³-hybridized carbons (Fsp3) is 0.400. The molecule has 25 heavy (non-hydrogen) atoms. The normalized spacial score (nSPS) is 15.3. The van der Waals surface area contributed by atoms with Crippen molar-refractivity contribution in [1.82, 2.24) is 19.7 Å². The predicted molar refractivity (Wildman–Crippen MR) is 85.8 cm³/mol. The van der Waals surface area contributed by atoms with E-state index < -0.39 is 18.0 Å². The van der Waals surface area contributed by atoms with Crippen molar-refractivity contribution in [3.63, 3.8) is 0 Å². The zero-order valence-electron chi connectivity index (χ0n) is 13.3. The van der Waals surface area contributed by atoms with Crippen molar-refractivity contribution in [1.29, 1.82) is 0 Å². The largest absolute Gasteiger partial charge is 0.451 e. The lowest BCUT2D eigenvalue weighted by Crippen LogP contribution is -2.43. The molecule has 1 aliphatic rings. The Morgan fingerprint density at radius 1 is 1.20 bits per heavy atom. The van der Waals surface area contributed by atoms with Crippen LogP contribution in [0.1, 0.15) is 28.8 Å². The van der Waals surface area contributed by atoms with E-state index in [2.05, 4.69) is 10.2 Å². The smallest absolute Gasteiger partial charge is 0.332 e. The highest BCUT2D eigenvalue weighted by atomic mass is 35.5. The summed E-state index contributed by atoms with van der Waals surface area (Å²) in [5, 5.41) is 6.75. The van der Waals surface area contributed by atoms with Gasteiger partial charge in [0, 0.05) is 13.1 Å². The predicted octanol–water partition coefficient (Wildman–Crippen LogP) is 2.07. The molecule has 1 amide bonds. The Kier molecular flexibility index (Phi) is 5.38. The van der Waals surface area contributed by atoms with Gasteiger partial charge in [-0.1, -0.05) is 29.8 Å². The maximum atomic E-state index is 12.8. The van der Waals surface area contributed by atoms with Gasteiger partial charge in [0.1, 0.15) is 6.04 Å². The van der Waals surface area contributed by atoms with Crippen molar-refractivity contribution in [2.75, 3.05) is 6.54 Å². The van der Waals surface area contributed by atoms with Crippen LogP contribution in [-0.4, -0.2) is 32.1 Å². The Balaban J connectivity index is 0.00000225. The SMILES string of the molecule is Cc1ccc(C(N)C(=O)N2CCn3c(nnc3C(F)(F)F)C2)cc1.Cl. The number of fused-ring (bicyclic) bond motifs is 1. The van der Waals surface area contributed by atoms with Crippen molar-refractivity contribution in [2.45, 2.75) is 32.2 Å². The Labute approximate surface area is 148 Å². The van der Waals surface area contributed by atoms with Crippen molar-refractivity contribution >= 4 is 18.3 Å². The first-order valence-electron chi connectivity index (χ1n) is 7.37. The van der Waals surface area contributed by atoms with Gasteiger partial charge in [0.15, 0.2) is 5.82 Å². The summed E-state index contributed by atoms with van der Waals surface area (Å²) in [7, 11) is 0. The molecule has 1 aromatic carbocycles. The van der Waals surface area contributed by atoms with Crippen LogP contribution in [0.2, 0.25) is 0 Å². The monoisotopic (exact) mass is 375 g/mol. The number of carbonyl (C=O) groups is 1. The number of benzene rings is 1. The number of hydrogen-bond donors (Lipinski definition) is 1. The van der Waals surface area contributed by atoms with Gasteiger partial charge in [-0.2, -0.15) is 13.2 Å². The third kappa shape index (κ3) is 3.77. The minimum atomic E-state index is -4.56. The summed E-state index contributed by atoms with van der Waals surface area (Å²) in [4.78, 5) is 13.9. The molecule has 0 saturated carbocycles. The van der Waals surface area contributed by atoms with Crippen LogP contribution in [0.5, 0.6) is 0 Å². The maximum absolute atomic E-state index is 12.8. The Hall–Kier alpha value is -2.13. The zero-order chi connectivity index (χ0) is 17.5. The summed E-state index contributed by atoms with van der Waals surface area (Å²) in [6, 6.07) is 6.38. The number of alkyl halides is 3. The number of aromatic nitrogens is 3. The fourth-order valence-corrected chi connectivity index (χ4v) is 2.67. The van der Waals surface area contributed by atoms with Crippen molar-refractivity contribution in [3.05, 3.63) is 47.0 Å². The Bertz CT molecular complexity index is 760. The molecule has 0 saturated heterocycles. The first-order chi connectivity index (χ1) is 11.3. The van der Waals surface area contributed by atoms with E-state index in [-0.39, 0.29) is 43.8 Å². The molecule has 1 aliphatic heterocycles.